The number of hydrogen-bond donors (Lipinski definition) is 1. The van der Waals surface area contributed by atoms with Gasteiger partial charge < -0.3 is 10.2 Å². The summed E-state index contributed by atoms with van der Waals surface area (Å²) in [5, 5.41) is 40.8. The van der Waals surface area contributed by atoms with Gasteiger partial charge in [-0.15, -0.1) is 20.5 Å². The van der Waals surface area contributed by atoms with Crippen LogP contribution < -0.4 is 10.2 Å². The van der Waals surface area contributed by atoms with E-state index in [1.807, 2.05) is 6.07 Å². The van der Waals surface area contributed by atoms with Gasteiger partial charge >= 0.3 is 0 Å². The Labute approximate surface area is 316 Å². The fourth-order valence-corrected chi connectivity index (χ4v) is 6.99. The number of rotatable bonds is 23. The van der Waals surface area contributed by atoms with E-state index in [9.17, 15) is 10.1 Å². The zero-order valence-electron chi connectivity index (χ0n) is 32.2. The van der Waals surface area contributed by atoms with Crippen LogP contribution in [0.25, 0.3) is 0 Å². The molecule has 1 aromatic heterocycles. The zero-order chi connectivity index (χ0) is 37.7. The van der Waals surface area contributed by atoms with Crippen LogP contribution in [0.4, 0.5) is 32.8 Å². The normalized spacial score (nSPS) is 13.2. The van der Waals surface area contributed by atoms with E-state index in [2.05, 4.69) is 96.5 Å². The van der Waals surface area contributed by atoms with Gasteiger partial charge in [-0.1, -0.05) is 104 Å². The summed E-state index contributed by atoms with van der Waals surface area (Å²) in [6.07, 6.45) is 13.1. The first-order valence-electron chi connectivity index (χ1n) is 19.4. The van der Waals surface area contributed by atoms with Gasteiger partial charge in [-0.2, -0.15) is 10.5 Å². The molecular weight excluding hydrogens is 665 g/mol. The summed E-state index contributed by atoms with van der Waals surface area (Å²) in [7, 11) is 0. The number of amides is 1. The van der Waals surface area contributed by atoms with Gasteiger partial charge in [0, 0.05) is 24.7 Å². The van der Waals surface area contributed by atoms with Crippen molar-refractivity contribution in [1.82, 2.24) is 0 Å². The molecule has 3 aromatic rings. The average molecular weight is 723 g/mol. The molecule has 0 aliphatic rings. The lowest BCUT2D eigenvalue weighted by Crippen LogP contribution is -2.34. The Balaban J connectivity index is 2.02. The third-order valence-corrected chi connectivity index (χ3v) is 10.6. The van der Waals surface area contributed by atoms with Crippen LogP contribution in [-0.4, -0.2) is 19.0 Å². The molecule has 3 rings (SSSR count). The quantitative estimate of drug-likeness (QED) is 0.0976. The molecule has 1 heterocycles. The van der Waals surface area contributed by atoms with Crippen molar-refractivity contribution in [3.05, 3.63) is 59.7 Å². The first-order valence-corrected chi connectivity index (χ1v) is 20.2. The largest absolute Gasteiger partial charge is 0.371 e. The van der Waals surface area contributed by atoms with E-state index in [-0.39, 0.29) is 11.8 Å². The molecule has 0 radical (unpaired) electrons. The maximum atomic E-state index is 13.7. The lowest BCUT2D eigenvalue weighted by Gasteiger charge is -2.33. The fourth-order valence-electron chi connectivity index (χ4n) is 6.24. The molecule has 10 heteroatoms. The first-order chi connectivity index (χ1) is 25.3. The summed E-state index contributed by atoms with van der Waals surface area (Å²) in [4.78, 5) is 16.2. The molecule has 2 aromatic carbocycles. The van der Waals surface area contributed by atoms with Crippen LogP contribution in [0.5, 0.6) is 0 Å². The van der Waals surface area contributed by atoms with Crippen LogP contribution in [0.1, 0.15) is 130 Å². The molecular formula is C42H58N8OS. The molecule has 0 aliphatic heterocycles. The molecule has 0 bridgehead atoms. The van der Waals surface area contributed by atoms with Gasteiger partial charge in [0.15, 0.2) is 5.00 Å². The molecule has 0 aliphatic carbocycles. The summed E-state index contributed by atoms with van der Waals surface area (Å²) >= 11 is 1.22. The average Bonchev–Trinajstić information content (AvgIpc) is 3.58. The van der Waals surface area contributed by atoms with Crippen molar-refractivity contribution < 1.29 is 4.79 Å². The Kier molecular flexibility index (Phi) is 18.8. The van der Waals surface area contributed by atoms with Gasteiger partial charge in [0.05, 0.1) is 28.6 Å². The molecule has 0 fully saturated rings. The highest BCUT2D eigenvalue weighted by Gasteiger charge is 2.21. The number of unbranched alkanes of at least 4 members (excludes halogenated alkanes) is 3. The lowest BCUT2D eigenvalue weighted by atomic mass is 9.95. The summed E-state index contributed by atoms with van der Waals surface area (Å²) in [5.74, 6) is 1.09. The van der Waals surface area contributed by atoms with Crippen LogP contribution in [0.15, 0.2) is 69.0 Å². The molecule has 1 amide bonds. The van der Waals surface area contributed by atoms with Gasteiger partial charge in [-0.3, -0.25) is 4.79 Å². The highest BCUT2D eigenvalue weighted by Crippen LogP contribution is 2.39. The maximum Gasteiger partial charge on any atom is 0.227 e. The summed E-state index contributed by atoms with van der Waals surface area (Å²) in [6.45, 7) is 15.3. The standard InChI is InChI=1S/C42H58N8OS/c1-7-13-16-31(10-4)29-50(30-32(11-5)17-14-8-2)37-23-24-38(39(26-37)45-41(51)34(12-6)18-15-9-3)47-49-42-35(28-44)25-40(52-42)48-46-36-21-19-33(27-43)20-22-36/h19-26,31-32,34H,7-18,29-30H2,1-6H3,(H,45,51). The van der Waals surface area contributed by atoms with Gasteiger partial charge in [-0.25, -0.2) is 0 Å². The second-order valence-electron chi connectivity index (χ2n) is 13.7. The molecule has 278 valence electrons. The minimum absolute atomic E-state index is 0.000742. The molecule has 9 nitrogen and oxygen atoms in total. The van der Waals surface area contributed by atoms with Crippen LogP contribution in [0.2, 0.25) is 0 Å². The van der Waals surface area contributed by atoms with Gasteiger partial charge in [0.1, 0.15) is 16.8 Å². The highest BCUT2D eigenvalue weighted by molar-refractivity contribution is 7.19. The molecule has 1 N–H and O–H groups in total. The topological polar surface area (TPSA) is 129 Å². The van der Waals surface area contributed by atoms with E-state index >= 15 is 0 Å². The number of carbonyl (C=O) groups excluding carboxylic acids is 1. The minimum Gasteiger partial charge on any atom is -0.371 e. The molecule has 3 unspecified atom stereocenters. The number of nitriles is 2. The number of benzene rings is 2. The second kappa shape index (κ2) is 23.2. The number of thiophene rings is 1. The Morgan fingerprint density at radius 1 is 0.750 bits per heavy atom. The second-order valence-corrected chi connectivity index (χ2v) is 14.7. The molecule has 52 heavy (non-hydrogen) atoms. The van der Waals surface area contributed by atoms with E-state index < -0.39 is 0 Å². The van der Waals surface area contributed by atoms with Gasteiger partial charge in [0.2, 0.25) is 5.91 Å². The van der Waals surface area contributed by atoms with E-state index in [1.54, 1.807) is 30.3 Å². The van der Waals surface area contributed by atoms with Gasteiger partial charge in [0.25, 0.3) is 0 Å². The third-order valence-electron chi connectivity index (χ3n) is 9.75. The first kappa shape index (κ1) is 42.0. The van der Waals surface area contributed by atoms with Crippen molar-refractivity contribution in [1.29, 1.82) is 10.5 Å². The van der Waals surface area contributed by atoms with Crippen molar-refractivity contribution in [2.75, 3.05) is 23.3 Å². The van der Waals surface area contributed by atoms with Crippen LogP contribution in [0.3, 0.4) is 0 Å². The summed E-state index contributed by atoms with van der Waals surface area (Å²) in [6, 6.07) is 18.8. The summed E-state index contributed by atoms with van der Waals surface area (Å²) < 4.78 is 0. The SMILES string of the molecule is CCCCC(CC)CN(CC(CC)CCCC)c1ccc(N=Nc2sc(N=Nc3ccc(C#N)cc3)cc2C#N)c(NC(=O)C(CC)CCCC)c1. The van der Waals surface area contributed by atoms with Gasteiger partial charge in [-0.05, 0) is 86.1 Å². The van der Waals surface area contributed by atoms with Crippen molar-refractivity contribution in [3.63, 3.8) is 0 Å². The zero-order valence-corrected chi connectivity index (χ0v) is 33.0. The van der Waals surface area contributed by atoms with Crippen molar-refractivity contribution >= 4 is 50.0 Å². The van der Waals surface area contributed by atoms with E-state index in [0.717, 1.165) is 57.3 Å². The Hall–Kier alpha value is -4.41. The fraction of sp³-hybridized carbons (Fsp3) is 0.548. The Morgan fingerprint density at radius 3 is 1.94 bits per heavy atom. The number of nitrogens with one attached hydrogen (secondary N) is 1. The number of hydrogen-bond acceptors (Lipinski definition) is 9. The van der Waals surface area contributed by atoms with Crippen LogP contribution >= 0.6 is 11.3 Å². The Morgan fingerprint density at radius 2 is 1.38 bits per heavy atom. The molecule has 0 saturated heterocycles. The van der Waals surface area contributed by atoms with E-state index in [4.69, 9.17) is 5.26 Å². The third kappa shape index (κ3) is 13.3. The van der Waals surface area contributed by atoms with Crippen molar-refractivity contribution in [2.24, 2.45) is 38.2 Å². The van der Waals surface area contributed by atoms with E-state index in [1.165, 1.54) is 49.9 Å². The lowest BCUT2D eigenvalue weighted by molar-refractivity contribution is -0.120. The van der Waals surface area contributed by atoms with Crippen LogP contribution in [0, 0.1) is 40.4 Å². The minimum atomic E-state index is -0.0898. The monoisotopic (exact) mass is 722 g/mol. The van der Waals surface area contributed by atoms with Crippen molar-refractivity contribution in [2.45, 2.75) is 119 Å². The number of azo groups is 2. The number of carbonyl (C=O) groups is 1. The maximum absolute atomic E-state index is 13.7. The molecule has 3 atom stereocenters. The predicted molar refractivity (Wildman–Crippen MR) is 216 cm³/mol. The smallest absolute Gasteiger partial charge is 0.227 e. The number of nitrogens with zero attached hydrogens (tertiary/aromatic N) is 7. The molecule has 0 spiro atoms. The van der Waals surface area contributed by atoms with E-state index in [0.29, 0.717) is 50.0 Å². The predicted octanol–water partition coefficient (Wildman–Crippen LogP) is 13.7. The molecule has 0 saturated carbocycles. The summed E-state index contributed by atoms with van der Waals surface area (Å²) in [5.41, 5.74) is 3.74. The Bertz CT molecular complexity index is 1650. The number of anilines is 2. The van der Waals surface area contributed by atoms with Crippen LogP contribution in [-0.2, 0) is 4.79 Å². The van der Waals surface area contributed by atoms with Crippen molar-refractivity contribution in [3.8, 4) is 12.1 Å². The highest BCUT2D eigenvalue weighted by atomic mass is 32.1.